The van der Waals surface area contributed by atoms with Crippen molar-refractivity contribution in [3.8, 4) is 0 Å². The summed E-state index contributed by atoms with van der Waals surface area (Å²) in [4.78, 5) is 0. The molecule has 25 heavy (non-hydrogen) atoms. The molecular formula is C22H36FNO. The molecule has 0 bridgehead atoms. The molecule has 0 unspecified atom stereocenters. The zero-order chi connectivity index (χ0) is 18.3. The Bertz CT molecular complexity index is 533. The number of rotatable bonds is 9. The lowest BCUT2D eigenvalue weighted by Crippen LogP contribution is -2.44. The second-order valence-corrected chi connectivity index (χ2v) is 8.53. The number of ether oxygens (including phenoxy) is 1. The van der Waals surface area contributed by atoms with Gasteiger partial charge in [0.15, 0.2) is 0 Å². The molecule has 1 heterocycles. The van der Waals surface area contributed by atoms with Gasteiger partial charge < -0.3 is 10.1 Å². The van der Waals surface area contributed by atoms with E-state index in [1.807, 2.05) is 12.1 Å². The monoisotopic (exact) mass is 349 g/mol. The molecule has 0 amide bonds. The van der Waals surface area contributed by atoms with E-state index in [-0.39, 0.29) is 11.4 Å². The highest BCUT2D eigenvalue weighted by Crippen LogP contribution is 2.46. The quantitative estimate of drug-likeness (QED) is 0.577. The van der Waals surface area contributed by atoms with Gasteiger partial charge in [-0.2, -0.15) is 0 Å². The molecule has 1 aliphatic heterocycles. The van der Waals surface area contributed by atoms with E-state index >= 15 is 0 Å². The van der Waals surface area contributed by atoms with Crippen LogP contribution in [0.4, 0.5) is 4.39 Å². The van der Waals surface area contributed by atoms with Crippen LogP contribution in [-0.4, -0.2) is 18.8 Å². The average Bonchev–Trinajstić information content (AvgIpc) is 2.59. The number of benzene rings is 1. The first-order chi connectivity index (χ1) is 11.9. The van der Waals surface area contributed by atoms with Crippen LogP contribution in [0.1, 0.15) is 71.8 Å². The van der Waals surface area contributed by atoms with Crippen molar-refractivity contribution in [3.63, 3.8) is 0 Å². The molecule has 1 aromatic rings. The van der Waals surface area contributed by atoms with Crippen LogP contribution in [0.2, 0.25) is 0 Å². The van der Waals surface area contributed by atoms with Crippen molar-refractivity contribution in [3.05, 3.63) is 35.6 Å². The lowest BCUT2D eigenvalue weighted by Gasteiger charge is -2.47. The van der Waals surface area contributed by atoms with Gasteiger partial charge in [0.05, 0.1) is 5.60 Å². The molecule has 0 aliphatic carbocycles. The fourth-order valence-corrected chi connectivity index (χ4v) is 4.04. The molecule has 1 fully saturated rings. The van der Waals surface area contributed by atoms with Gasteiger partial charge in [-0.05, 0) is 63.0 Å². The van der Waals surface area contributed by atoms with Gasteiger partial charge in [-0.3, -0.25) is 0 Å². The van der Waals surface area contributed by atoms with E-state index in [0.717, 1.165) is 50.3 Å². The maximum absolute atomic E-state index is 13.7. The zero-order valence-electron chi connectivity index (χ0n) is 16.5. The van der Waals surface area contributed by atoms with Crippen LogP contribution in [0.3, 0.4) is 0 Å². The number of hydrogen-bond donors (Lipinski definition) is 1. The summed E-state index contributed by atoms with van der Waals surface area (Å²) in [5, 5.41) is 3.47. The second-order valence-electron chi connectivity index (χ2n) is 8.53. The summed E-state index contributed by atoms with van der Waals surface area (Å²) in [6, 6.07) is 7.04. The van der Waals surface area contributed by atoms with Crippen molar-refractivity contribution in [2.45, 2.75) is 78.4 Å². The Morgan fingerprint density at radius 2 is 2.00 bits per heavy atom. The molecule has 0 radical (unpaired) electrons. The van der Waals surface area contributed by atoms with Gasteiger partial charge in [0.2, 0.25) is 0 Å². The summed E-state index contributed by atoms with van der Waals surface area (Å²) < 4.78 is 19.8. The summed E-state index contributed by atoms with van der Waals surface area (Å²) in [6.45, 7) is 11.5. The van der Waals surface area contributed by atoms with Gasteiger partial charge >= 0.3 is 0 Å². The highest BCUT2D eigenvalue weighted by molar-refractivity contribution is 5.16. The van der Waals surface area contributed by atoms with Gasteiger partial charge in [0.25, 0.3) is 0 Å². The Balaban J connectivity index is 1.93. The standard InChI is InChI=1S/C22H36FNO/c1-5-21(4)17-22(13-15-25-21,11-10-18(2)3)12-14-24-16-19-8-6-7-9-20(19)23/h6-9,18,24H,5,10-17H2,1-4H3/t21-,22+/m0/s1. The largest absolute Gasteiger partial charge is 0.375 e. The molecule has 1 N–H and O–H groups in total. The van der Waals surface area contributed by atoms with Crippen LogP contribution >= 0.6 is 0 Å². The molecule has 0 aromatic heterocycles. The first-order valence-corrected chi connectivity index (χ1v) is 9.96. The summed E-state index contributed by atoms with van der Waals surface area (Å²) in [7, 11) is 0. The minimum Gasteiger partial charge on any atom is -0.375 e. The lowest BCUT2D eigenvalue weighted by molar-refractivity contribution is -0.122. The van der Waals surface area contributed by atoms with Crippen molar-refractivity contribution in [1.29, 1.82) is 0 Å². The Hall–Kier alpha value is -0.930. The van der Waals surface area contributed by atoms with E-state index in [4.69, 9.17) is 4.74 Å². The summed E-state index contributed by atoms with van der Waals surface area (Å²) in [6.07, 6.45) is 7.05. The summed E-state index contributed by atoms with van der Waals surface area (Å²) in [5.41, 5.74) is 1.13. The van der Waals surface area contributed by atoms with Gasteiger partial charge in [-0.1, -0.05) is 45.4 Å². The van der Waals surface area contributed by atoms with E-state index in [1.165, 1.54) is 18.9 Å². The molecule has 0 spiro atoms. The number of nitrogens with one attached hydrogen (secondary N) is 1. The smallest absolute Gasteiger partial charge is 0.127 e. The Labute approximate surface area is 153 Å². The van der Waals surface area contributed by atoms with Gasteiger partial charge in [-0.25, -0.2) is 4.39 Å². The van der Waals surface area contributed by atoms with Gasteiger partial charge in [-0.15, -0.1) is 0 Å². The van der Waals surface area contributed by atoms with E-state index < -0.39 is 0 Å². The fourth-order valence-electron chi connectivity index (χ4n) is 4.04. The number of halogens is 1. The maximum atomic E-state index is 13.7. The molecule has 1 aromatic carbocycles. The van der Waals surface area contributed by atoms with Gasteiger partial charge in [0, 0.05) is 18.7 Å². The van der Waals surface area contributed by atoms with Crippen molar-refractivity contribution < 1.29 is 9.13 Å². The summed E-state index contributed by atoms with van der Waals surface area (Å²) >= 11 is 0. The van der Waals surface area contributed by atoms with Gasteiger partial charge in [0.1, 0.15) is 5.82 Å². The average molecular weight is 350 g/mol. The Kier molecular flexibility index (Phi) is 7.45. The highest BCUT2D eigenvalue weighted by atomic mass is 19.1. The van der Waals surface area contributed by atoms with Crippen LogP contribution in [0, 0.1) is 17.2 Å². The zero-order valence-corrected chi connectivity index (χ0v) is 16.5. The van der Waals surface area contributed by atoms with Crippen LogP contribution in [0.15, 0.2) is 24.3 Å². The third-order valence-electron chi connectivity index (χ3n) is 5.94. The molecule has 1 saturated heterocycles. The first-order valence-electron chi connectivity index (χ1n) is 9.96. The molecule has 3 heteroatoms. The normalized spacial score (nSPS) is 27.0. The Morgan fingerprint density at radius 3 is 2.68 bits per heavy atom. The molecule has 2 rings (SSSR count). The van der Waals surface area contributed by atoms with Crippen LogP contribution < -0.4 is 5.32 Å². The SMILES string of the molecule is CC[C@@]1(C)C[C@@](CCNCc2ccccc2F)(CCC(C)C)CCO1. The second kappa shape index (κ2) is 9.14. The lowest BCUT2D eigenvalue weighted by atomic mass is 9.67. The van der Waals surface area contributed by atoms with Crippen molar-refractivity contribution in [2.75, 3.05) is 13.2 Å². The van der Waals surface area contributed by atoms with Crippen molar-refractivity contribution in [2.24, 2.45) is 11.3 Å². The van der Waals surface area contributed by atoms with E-state index in [1.54, 1.807) is 6.07 Å². The predicted molar refractivity (Wildman–Crippen MR) is 103 cm³/mol. The summed E-state index contributed by atoms with van der Waals surface area (Å²) in [5.74, 6) is 0.619. The minimum absolute atomic E-state index is 0.0147. The Morgan fingerprint density at radius 1 is 1.24 bits per heavy atom. The van der Waals surface area contributed by atoms with Crippen LogP contribution in [0.25, 0.3) is 0 Å². The van der Waals surface area contributed by atoms with E-state index in [0.29, 0.717) is 12.0 Å². The van der Waals surface area contributed by atoms with Crippen molar-refractivity contribution >= 4 is 0 Å². The van der Waals surface area contributed by atoms with Crippen molar-refractivity contribution in [1.82, 2.24) is 5.32 Å². The molecular weight excluding hydrogens is 313 g/mol. The molecule has 0 saturated carbocycles. The molecule has 1 aliphatic rings. The third kappa shape index (κ3) is 6.07. The van der Waals surface area contributed by atoms with Crippen LogP contribution in [-0.2, 0) is 11.3 Å². The first kappa shape index (κ1) is 20.4. The van der Waals surface area contributed by atoms with E-state index in [2.05, 4.69) is 33.0 Å². The molecule has 2 atom stereocenters. The van der Waals surface area contributed by atoms with E-state index in [9.17, 15) is 4.39 Å². The third-order valence-corrected chi connectivity index (χ3v) is 5.94. The molecule has 2 nitrogen and oxygen atoms in total. The molecule has 142 valence electrons. The minimum atomic E-state index is -0.117. The highest BCUT2D eigenvalue weighted by Gasteiger charge is 2.41. The maximum Gasteiger partial charge on any atom is 0.127 e. The predicted octanol–water partition coefficient (Wildman–Crippen LogP) is 5.71. The topological polar surface area (TPSA) is 21.3 Å². The van der Waals surface area contributed by atoms with Crippen LogP contribution in [0.5, 0.6) is 0 Å². The number of hydrogen-bond acceptors (Lipinski definition) is 2. The fraction of sp³-hybridized carbons (Fsp3) is 0.727.